The first kappa shape index (κ1) is 13.3. The summed E-state index contributed by atoms with van der Waals surface area (Å²) in [5.74, 6) is 2.19. The molecule has 1 N–H and O–H groups in total. The van der Waals surface area contributed by atoms with E-state index in [2.05, 4.69) is 12.2 Å². The van der Waals surface area contributed by atoms with Crippen molar-refractivity contribution < 1.29 is 8.42 Å². The Kier molecular flexibility index (Phi) is 3.83. The summed E-state index contributed by atoms with van der Waals surface area (Å²) in [5, 5.41) is 3.50. The molecule has 0 aromatic heterocycles. The summed E-state index contributed by atoms with van der Waals surface area (Å²) in [7, 11) is -2.81. The monoisotopic (exact) mass is 259 g/mol. The fourth-order valence-electron chi connectivity index (χ4n) is 3.38. The first-order chi connectivity index (χ1) is 7.94. The van der Waals surface area contributed by atoms with E-state index in [1.807, 2.05) is 0 Å². The zero-order valence-electron chi connectivity index (χ0n) is 11.0. The molecule has 0 heterocycles. The van der Waals surface area contributed by atoms with E-state index in [0.29, 0.717) is 5.75 Å². The second kappa shape index (κ2) is 4.88. The number of rotatable bonds is 7. The van der Waals surface area contributed by atoms with Crippen molar-refractivity contribution in [2.24, 2.45) is 17.3 Å². The minimum absolute atomic E-state index is 0.284. The van der Waals surface area contributed by atoms with Crippen molar-refractivity contribution in [2.75, 3.05) is 25.1 Å². The molecule has 2 rings (SSSR count). The van der Waals surface area contributed by atoms with Crippen LogP contribution in [-0.2, 0) is 9.84 Å². The molecule has 0 aromatic rings. The maximum atomic E-state index is 11.3. The Bertz CT molecular complexity index is 354. The van der Waals surface area contributed by atoms with E-state index >= 15 is 0 Å². The number of hydrogen-bond donors (Lipinski definition) is 1. The Hall–Kier alpha value is -0.0900. The molecule has 2 atom stereocenters. The predicted molar refractivity (Wildman–Crippen MR) is 70.8 cm³/mol. The molecule has 2 fully saturated rings. The summed E-state index contributed by atoms with van der Waals surface area (Å²) >= 11 is 0. The van der Waals surface area contributed by atoms with Crippen LogP contribution in [0.5, 0.6) is 0 Å². The van der Waals surface area contributed by atoms with Crippen LogP contribution in [0.2, 0.25) is 0 Å². The van der Waals surface area contributed by atoms with Gasteiger partial charge in [-0.25, -0.2) is 8.42 Å². The van der Waals surface area contributed by atoms with E-state index in [1.165, 1.54) is 25.5 Å². The summed E-state index contributed by atoms with van der Waals surface area (Å²) in [6, 6.07) is 0. The van der Waals surface area contributed by atoms with Crippen LogP contribution >= 0.6 is 0 Å². The maximum absolute atomic E-state index is 11.3. The van der Waals surface area contributed by atoms with E-state index in [4.69, 9.17) is 0 Å². The van der Waals surface area contributed by atoms with Crippen molar-refractivity contribution in [3.63, 3.8) is 0 Å². The minimum atomic E-state index is -2.81. The van der Waals surface area contributed by atoms with Crippen molar-refractivity contribution in [2.45, 2.75) is 39.0 Å². The lowest BCUT2D eigenvalue weighted by Crippen LogP contribution is -2.35. The SMILES string of the molecule is CCCNCC1(CCS(C)(=O)=O)CC2CC2C1. The third kappa shape index (κ3) is 3.68. The Morgan fingerprint density at radius 3 is 2.47 bits per heavy atom. The van der Waals surface area contributed by atoms with Gasteiger partial charge in [0.15, 0.2) is 0 Å². The van der Waals surface area contributed by atoms with Gasteiger partial charge in [0.25, 0.3) is 0 Å². The molecule has 0 spiro atoms. The standard InChI is InChI=1S/C13H25NO2S/c1-3-5-14-10-13(4-6-17(2,15)16)8-11-7-12(11)9-13/h11-12,14H,3-10H2,1-2H3. The van der Waals surface area contributed by atoms with Crippen LogP contribution in [0.3, 0.4) is 0 Å². The van der Waals surface area contributed by atoms with Gasteiger partial charge < -0.3 is 5.32 Å². The molecule has 4 heteroatoms. The van der Waals surface area contributed by atoms with E-state index in [1.54, 1.807) is 0 Å². The summed E-state index contributed by atoms with van der Waals surface area (Å²) in [5.41, 5.74) is 0.284. The van der Waals surface area contributed by atoms with Crippen LogP contribution in [0.15, 0.2) is 0 Å². The maximum Gasteiger partial charge on any atom is 0.147 e. The van der Waals surface area contributed by atoms with Crippen LogP contribution in [0, 0.1) is 17.3 Å². The van der Waals surface area contributed by atoms with Crippen molar-refractivity contribution in [3.05, 3.63) is 0 Å². The summed E-state index contributed by atoms with van der Waals surface area (Å²) < 4.78 is 22.7. The fraction of sp³-hybridized carbons (Fsp3) is 1.00. The Morgan fingerprint density at radius 2 is 1.94 bits per heavy atom. The molecule has 2 unspecified atom stereocenters. The number of hydrogen-bond acceptors (Lipinski definition) is 3. The molecule has 0 bridgehead atoms. The largest absolute Gasteiger partial charge is 0.316 e. The summed E-state index contributed by atoms with van der Waals surface area (Å²) in [4.78, 5) is 0. The van der Waals surface area contributed by atoms with Crippen LogP contribution in [-0.4, -0.2) is 33.5 Å². The highest BCUT2D eigenvalue weighted by Gasteiger charge is 2.53. The van der Waals surface area contributed by atoms with Crippen LogP contribution in [0.25, 0.3) is 0 Å². The normalized spacial score (nSPS) is 35.9. The average molecular weight is 259 g/mol. The Labute approximate surface area is 105 Å². The number of nitrogens with one attached hydrogen (secondary N) is 1. The van der Waals surface area contributed by atoms with Gasteiger partial charge in [0.2, 0.25) is 0 Å². The summed E-state index contributed by atoms with van der Waals surface area (Å²) in [6.45, 7) is 4.24. The molecular weight excluding hydrogens is 234 g/mol. The van der Waals surface area contributed by atoms with Gasteiger partial charge in [-0.15, -0.1) is 0 Å². The molecule has 0 radical (unpaired) electrons. The predicted octanol–water partition coefficient (Wildman–Crippen LogP) is 1.84. The van der Waals surface area contributed by atoms with E-state index in [9.17, 15) is 8.42 Å². The average Bonchev–Trinajstić information content (AvgIpc) is 2.84. The van der Waals surface area contributed by atoms with E-state index < -0.39 is 9.84 Å². The van der Waals surface area contributed by atoms with Gasteiger partial charge in [0, 0.05) is 12.8 Å². The highest BCUT2D eigenvalue weighted by molar-refractivity contribution is 7.90. The number of fused-ring (bicyclic) bond motifs is 1. The van der Waals surface area contributed by atoms with E-state index in [0.717, 1.165) is 37.8 Å². The van der Waals surface area contributed by atoms with Gasteiger partial charge in [0.05, 0.1) is 5.75 Å². The third-order valence-corrected chi connectivity index (χ3v) is 5.34. The molecule has 2 aliphatic carbocycles. The highest BCUT2D eigenvalue weighted by Crippen LogP contribution is 2.60. The Balaban J connectivity index is 1.88. The molecule has 3 nitrogen and oxygen atoms in total. The van der Waals surface area contributed by atoms with Crippen LogP contribution in [0.4, 0.5) is 0 Å². The molecule has 17 heavy (non-hydrogen) atoms. The molecular formula is C13H25NO2S. The lowest BCUT2D eigenvalue weighted by atomic mass is 9.80. The molecule has 2 saturated carbocycles. The molecule has 0 amide bonds. The molecule has 0 aliphatic heterocycles. The second-order valence-electron chi connectivity index (χ2n) is 6.22. The van der Waals surface area contributed by atoms with Gasteiger partial charge in [-0.05, 0) is 55.9 Å². The minimum Gasteiger partial charge on any atom is -0.316 e. The summed E-state index contributed by atoms with van der Waals surface area (Å²) in [6.07, 6.45) is 7.27. The topological polar surface area (TPSA) is 46.2 Å². The van der Waals surface area contributed by atoms with E-state index in [-0.39, 0.29) is 5.41 Å². The lowest BCUT2D eigenvalue weighted by molar-refractivity contribution is 0.242. The molecule has 2 aliphatic rings. The molecule has 0 saturated heterocycles. The highest BCUT2D eigenvalue weighted by atomic mass is 32.2. The van der Waals surface area contributed by atoms with Crippen LogP contribution in [0.1, 0.15) is 39.0 Å². The molecule has 100 valence electrons. The van der Waals surface area contributed by atoms with Crippen molar-refractivity contribution >= 4 is 9.84 Å². The third-order valence-electron chi connectivity index (χ3n) is 4.39. The Morgan fingerprint density at radius 1 is 1.29 bits per heavy atom. The van der Waals surface area contributed by atoms with Gasteiger partial charge in [-0.2, -0.15) is 0 Å². The fourth-order valence-corrected chi connectivity index (χ4v) is 4.18. The van der Waals surface area contributed by atoms with Gasteiger partial charge in [-0.1, -0.05) is 6.92 Å². The lowest BCUT2D eigenvalue weighted by Gasteiger charge is -2.31. The van der Waals surface area contributed by atoms with Crippen molar-refractivity contribution in [1.82, 2.24) is 5.32 Å². The van der Waals surface area contributed by atoms with Crippen molar-refractivity contribution in [1.29, 1.82) is 0 Å². The van der Waals surface area contributed by atoms with Gasteiger partial charge in [-0.3, -0.25) is 0 Å². The zero-order valence-corrected chi connectivity index (χ0v) is 11.9. The van der Waals surface area contributed by atoms with Crippen molar-refractivity contribution in [3.8, 4) is 0 Å². The smallest absolute Gasteiger partial charge is 0.147 e. The quantitative estimate of drug-likeness (QED) is 0.710. The first-order valence-corrected chi connectivity index (χ1v) is 8.89. The van der Waals surface area contributed by atoms with Gasteiger partial charge >= 0.3 is 0 Å². The second-order valence-corrected chi connectivity index (χ2v) is 8.48. The van der Waals surface area contributed by atoms with Gasteiger partial charge in [0.1, 0.15) is 9.84 Å². The zero-order chi connectivity index (χ0) is 12.5. The number of sulfone groups is 1. The van der Waals surface area contributed by atoms with Crippen LogP contribution < -0.4 is 5.32 Å². The molecule has 0 aromatic carbocycles. The first-order valence-electron chi connectivity index (χ1n) is 6.83.